The van der Waals surface area contributed by atoms with E-state index >= 15 is 0 Å². The van der Waals surface area contributed by atoms with Crippen LogP contribution < -0.4 is 0 Å². The predicted molar refractivity (Wildman–Crippen MR) is 2.75 cm³/mol. The molecule has 4 nitrogen and oxygen atoms in total. The van der Waals surface area contributed by atoms with Crippen LogP contribution in [0.25, 0.3) is 0 Å². The van der Waals surface area contributed by atoms with Crippen molar-refractivity contribution in [3.63, 3.8) is 0 Å². The zero-order chi connectivity index (χ0) is 0. The molecule has 8 heteroatoms. The summed E-state index contributed by atoms with van der Waals surface area (Å²) in [7, 11) is 0. The Bertz CT molecular complexity index is 14.0. The topological polar surface area (TPSA) is 114 Å². The van der Waals surface area contributed by atoms with Crippen LogP contribution in [-0.2, 0) is 89.3 Å². The van der Waals surface area contributed by atoms with E-state index in [1.165, 1.54) is 0 Å². The summed E-state index contributed by atoms with van der Waals surface area (Å²) >= 11 is 0. The van der Waals surface area contributed by atoms with Crippen LogP contribution in [0.3, 0.4) is 0 Å². The van der Waals surface area contributed by atoms with Gasteiger partial charge in [-0.05, 0) is 0 Å². The number of hydrogen-bond donors (Lipinski definition) is 0. The molecule has 8 heavy (non-hydrogen) atoms. The molecule has 0 fully saturated rings. The van der Waals surface area contributed by atoms with Gasteiger partial charge in [0.05, 0.1) is 0 Å². The smallest absolute Gasteiger partial charge is 2.00 e. The van der Waals surface area contributed by atoms with Crippen LogP contribution in [0, 0.1) is 0 Å². The molecular weight excluding hydrogens is 291 g/mol. The molecule has 0 saturated heterocycles. The van der Waals surface area contributed by atoms with Gasteiger partial charge >= 0.3 is 67.4 Å². The van der Waals surface area contributed by atoms with E-state index in [9.17, 15) is 0 Å². The number of rotatable bonds is 0. The molecule has 0 saturated carbocycles. The van der Waals surface area contributed by atoms with Crippen molar-refractivity contribution < 1.29 is 89.3 Å². The Balaban J connectivity index is 0. The average molecular weight is 291 g/mol. The van der Waals surface area contributed by atoms with Crippen LogP contribution in [0.1, 0.15) is 0 Å². The van der Waals surface area contributed by atoms with Crippen molar-refractivity contribution in [2.75, 3.05) is 0 Å². The van der Waals surface area contributed by atoms with Crippen LogP contribution in [-0.4, -0.2) is 0 Å². The Hall–Kier alpha value is 1.88. The SMILES string of the molecule is [Co+2].[Mn+2].[Mn+2].[Ni+2].[O-2].[O-2].[O-2].[O-2]. The largest absolute Gasteiger partial charge is 2.00 e. The van der Waals surface area contributed by atoms with Gasteiger partial charge in [-0.15, -0.1) is 0 Å². The maximum Gasteiger partial charge on any atom is 2.00 e. The Morgan fingerprint density at radius 3 is 0.500 bits per heavy atom. The molecule has 0 aliphatic carbocycles. The summed E-state index contributed by atoms with van der Waals surface area (Å²) in [6.07, 6.45) is 0. The van der Waals surface area contributed by atoms with Crippen LogP contribution in [0.4, 0.5) is 0 Å². The fourth-order valence-electron chi connectivity index (χ4n) is 0. The van der Waals surface area contributed by atoms with E-state index in [1.807, 2.05) is 0 Å². The van der Waals surface area contributed by atoms with Crippen LogP contribution in [0.2, 0.25) is 0 Å². The zero-order valence-corrected chi connectivity index (χ0v) is 7.43. The van der Waals surface area contributed by atoms with Crippen LogP contribution in [0.5, 0.6) is 0 Å². The third-order valence-electron chi connectivity index (χ3n) is 0. The van der Waals surface area contributed by atoms with Crippen molar-refractivity contribution >= 4 is 0 Å². The van der Waals surface area contributed by atoms with Crippen molar-refractivity contribution in [1.82, 2.24) is 0 Å². The molecule has 0 amide bonds. The van der Waals surface area contributed by atoms with Gasteiger partial charge in [-0.25, -0.2) is 0 Å². The van der Waals surface area contributed by atoms with E-state index in [-0.39, 0.29) is 89.3 Å². The van der Waals surface area contributed by atoms with Gasteiger partial charge in [0.1, 0.15) is 0 Å². The van der Waals surface area contributed by atoms with Crippen molar-refractivity contribution in [2.24, 2.45) is 0 Å². The summed E-state index contributed by atoms with van der Waals surface area (Å²) in [6.45, 7) is 0. The average Bonchev–Trinajstić information content (AvgIpc) is 0. The van der Waals surface area contributed by atoms with Crippen molar-refractivity contribution in [2.45, 2.75) is 0 Å². The van der Waals surface area contributed by atoms with E-state index in [2.05, 4.69) is 0 Å². The van der Waals surface area contributed by atoms with Gasteiger partial charge in [-0.3, -0.25) is 0 Å². The molecule has 0 aromatic carbocycles. The fraction of sp³-hybridized carbons (Fsp3) is 0. The molecule has 0 aliphatic rings. The third-order valence-corrected chi connectivity index (χ3v) is 0. The van der Waals surface area contributed by atoms with Crippen molar-refractivity contribution in [3.05, 3.63) is 0 Å². The first kappa shape index (κ1) is 221. The second-order valence-corrected chi connectivity index (χ2v) is 0. The normalized spacial score (nSPS) is 0. The maximum atomic E-state index is 0. The summed E-state index contributed by atoms with van der Waals surface area (Å²) in [5.74, 6) is 0. The molecule has 0 N–H and O–H groups in total. The van der Waals surface area contributed by atoms with Gasteiger partial charge in [0, 0.05) is 0 Å². The summed E-state index contributed by atoms with van der Waals surface area (Å²) in [4.78, 5) is 0. The quantitative estimate of drug-likeness (QED) is 0.536. The predicted octanol–water partition coefficient (Wildman–Crippen LogP) is -0.485. The summed E-state index contributed by atoms with van der Waals surface area (Å²) < 4.78 is 0. The third kappa shape index (κ3) is 106. The van der Waals surface area contributed by atoms with Gasteiger partial charge in [0.2, 0.25) is 0 Å². The van der Waals surface area contributed by atoms with Gasteiger partial charge in [0.15, 0.2) is 0 Å². The standard InChI is InChI=1S/Co.2Mn.Ni.4O/q4*+2;4*-2. The zero-order valence-electron chi connectivity index (χ0n) is 3.04. The Morgan fingerprint density at radius 1 is 0.500 bits per heavy atom. The Morgan fingerprint density at radius 2 is 0.500 bits per heavy atom. The Kier molecular flexibility index (Phi) is 4310. The fourth-order valence-corrected chi connectivity index (χ4v) is 0. The van der Waals surface area contributed by atoms with Crippen molar-refractivity contribution in [1.29, 1.82) is 0 Å². The van der Waals surface area contributed by atoms with Gasteiger partial charge in [-0.1, -0.05) is 0 Å². The second kappa shape index (κ2) is 156. The molecule has 0 bridgehead atoms. The maximum absolute atomic E-state index is 0. The first-order chi connectivity index (χ1) is 0. The van der Waals surface area contributed by atoms with Gasteiger partial charge < -0.3 is 21.9 Å². The van der Waals surface area contributed by atoms with E-state index in [0.29, 0.717) is 0 Å². The molecule has 57 valence electrons. The minimum absolute atomic E-state index is 0. The van der Waals surface area contributed by atoms with E-state index in [1.54, 1.807) is 0 Å². The Labute approximate surface area is 88.8 Å². The minimum atomic E-state index is 0. The number of hydrogen-bond acceptors (Lipinski definition) is 0. The summed E-state index contributed by atoms with van der Waals surface area (Å²) in [5, 5.41) is 0. The first-order valence-corrected chi connectivity index (χ1v) is 0. The summed E-state index contributed by atoms with van der Waals surface area (Å²) in [6, 6.07) is 0. The van der Waals surface area contributed by atoms with Crippen molar-refractivity contribution in [3.8, 4) is 0 Å². The molecule has 0 unspecified atom stereocenters. The molecular formula is CoMn2NiO4. The second-order valence-electron chi connectivity index (χ2n) is 0. The molecule has 0 spiro atoms. The van der Waals surface area contributed by atoms with Crippen LogP contribution >= 0.6 is 0 Å². The van der Waals surface area contributed by atoms with E-state index in [4.69, 9.17) is 0 Å². The van der Waals surface area contributed by atoms with Gasteiger partial charge in [0.25, 0.3) is 0 Å². The molecule has 0 heterocycles. The molecule has 0 aromatic heterocycles. The molecule has 0 aliphatic heterocycles. The van der Waals surface area contributed by atoms with Crippen LogP contribution in [0.15, 0.2) is 0 Å². The van der Waals surface area contributed by atoms with E-state index < -0.39 is 0 Å². The van der Waals surface area contributed by atoms with E-state index in [0.717, 1.165) is 0 Å². The minimum Gasteiger partial charge on any atom is -2.00 e. The van der Waals surface area contributed by atoms with Gasteiger partial charge in [-0.2, -0.15) is 0 Å². The first-order valence-electron chi connectivity index (χ1n) is 0. The molecule has 0 atom stereocenters. The molecule has 0 rings (SSSR count). The summed E-state index contributed by atoms with van der Waals surface area (Å²) in [5.41, 5.74) is 0. The monoisotopic (exact) mass is 291 g/mol. The molecule has 3 radical (unpaired) electrons. The molecule has 0 aromatic rings.